The summed E-state index contributed by atoms with van der Waals surface area (Å²) in [5.41, 5.74) is -0.451. The Morgan fingerprint density at radius 2 is 2.00 bits per heavy atom. The van der Waals surface area contributed by atoms with E-state index in [-0.39, 0.29) is 13.2 Å². The molecule has 0 aliphatic carbocycles. The predicted molar refractivity (Wildman–Crippen MR) is 70.2 cm³/mol. The fourth-order valence-corrected chi connectivity index (χ4v) is 1.78. The van der Waals surface area contributed by atoms with Crippen molar-refractivity contribution in [1.29, 1.82) is 0 Å². The number of aliphatic carboxylic acids is 1. The molecule has 0 saturated carbocycles. The summed E-state index contributed by atoms with van der Waals surface area (Å²) in [7, 11) is 0. The highest BCUT2D eigenvalue weighted by Crippen LogP contribution is 2.06. The Kier molecular flexibility index (Phi) is 5.46. The lowest BCUT2D eigenvalue weighted by atomic mass is 10.1. The average molecular weight is 287 g/mol. The zero-order valence-electron chi connectivity index (χ0n) is 11.9. The maximum Gasteiger partial charge on any atom is 0.323 e. The minimum atomic E-state index is -1.04. The van der Waals surface area contributed by atoms with E-state index in [0.29, 0.717) is 13.2 Å². The van der Waals surface area contributed by atoms with Crippen molar-refractivity contribution in [2.24, 2.45) is 0 Å². The molecule has 1 fully saturated rings. The molecule has 1 heterocycles. The summed E-state index contributed by atoms with van der Waals surface area (Å²) in [5, 5.41) is 13.8. The van der Waals surface area contributed by atoms with Crippen LogP contribution in [0.3, 0.4) is 0 Å². The van der Waals surface area contributed by atoms with E-state index in [1.807, 2.05) is 0 Å². The first-order chi connectivity index (χ1) is 9.19. The van der Waals surface area contributed by atoms with Crippen LogP contribution in [0.25, 0.3) is 0 Å². The van der Waals surface area contributed by atoms with Crippen LogP contribution in [0.15, 0.2) is 0 Å². The molecule has 0 bridgehead atoms. The van der Waals surface area contributed by atoms with Crippen molar-refractivity contribution < 1.29 is 24.2 Å². The fraction of sp³-hybridized carbons (Fsp3) is 0.750. The molecule has 0 aromatic rings. The predicted octanol–water partition coefficient (Wildman–Crippen LogP) is -0.604. The van der Waals surface area contributed by atoms with E-state index in [1.165, 1.54) is 4.90 Å². The number of rotatable bonds is 3. The van der Waals surface area contributed by atoms with Gasteiger partial charge in [0.25, 0.3) is 0 Å². The molecule has 20 heavy (non-hydrogen) atoms. The molecule has 1 aliphatic heterocycles. The first-order valence-corrected chi connectivity index (χ1v) is 6.35. The van der Waals surface area contributed by atoms with Gasteiger partial charge in [-0.15, -0.1) is 0 Å². The van der Waals surface area contributed by atoms with Crippen molar-refractivity contribution in [3.8, 4) is 0 Å². The molecule has 114 valence electrons. The number of ether oxygens (including phenoxy) is 1. The molecule has 1 saturated heterocycles. The Morgan fingerprint density at radius 3 is 2.55 bits per heavy atom. The SMILES string of the molecule is CC(C)(C)NC(=O)NC(=O)CN1CCOCC1C(=O)O. The Bertz CT molecular complexity index is 391. The number of hydrogen-bond acceptors (Lipinski definition) is 5. The van der Waals surface area contributed by atoms with E-state index in [0.717, 1.165) is 0 Å². The van der Waals surface area contributed by atoms with Crippen molar-refractivity contribution in [3.63, 3.8) is 0 Å². The Morgan fingerprint density at radius 1 is 1.35 bits per heavy atom. The van der Waals surface area contributed by atoms with Gasteiger partial charge in [-0.3, -0.25) is 19.8 Å². The molecule has 1 rings (SSSR count). The number of carboxylic acids is 1. The van der Waals surface area contributed by atoms with Crippen LogP contribution in [0.4, 0.5) is 4.79 Å². The number of nitrogens with one attached hydrogen (secondary N) is 2. The van der Waals surface area contributed by atoms with E-state index in [4.69, 9.17) is 9.84 Å². The van der Waals surface area contributed by atoms with Crippen molar-refractivity contribution >= 4 is 17.9 Å². The summed E-state index contributed by atoms with van der Waals surface area (Å²) in [6.07, 6.45) is 0. The molecule has 3 amide bonds. The molecule has 8 nitrogen and oxygen atoms in total. The molecule has 0 radical (unpaired) electrons. The van der Waals surface area contributed by atoms with Gasteiger partial charge in [0.1, 0.15) is 6.04 Å². The van der Waals surface area contributed by atoms with Gasteiger partial charge in [-0.25, -0.2) is 4.79 Å². The maximum atomic E-state index is 11.7. The van der Waals surface area contributed by atoms with Gasteiger partial charge in [-0.05, 0) is 20.8 Å². The second-order valence-electron chi connectivity index (χ2n) is 5.65. The minimum absolute atomic E-state index is 0.0385. The lowest BCUT2D eigenvalue weighted by Crippen LogP contribution is -2.55. The van der Waals surface area contributed by atoms with Crippen LogP contribution in [-0.4, -0.2) is 65.8 Å². The Hall–Kier alpha value is -1.67. The van der Waals surface area contributed by atoms with Crippen LogP contribution in [-0.2, 0) is 14.3 Å². The highest BCUT2D eigenvalue weighted by molar-refractivity contribution is 5.95. The number of morpholine rings is 1. The number of carbonyl (C=O) groups is 3. The highest BCUT2D eigenvalue weighted by atomic mass is 16.5. The number of nitrogens with zero attached hydrogens (tertiary/aromatic N) is 1. The monoisotopic (exact) mass is 287 g/mol. The molecule has 0 aromatic heterocycles. The van der Waals surface area contributed by atoms with Gasteiger partial charge in [0.05, 0.1) is 19.8 Å². The molecular formula is C12H21N3O5. The molecule has 1 aliphatic rings. The summed E-state index contributed by atoms with van der Waals surface area (Å²) in [6, 6.07) is -1.46. The topological polar surface area (TPSA) is 108 Å². The summed E-state index contributed by atoms with van der Waals surface area (Å²) in [4.78, 5) is 35.8. The quantitative estimate of drug-likeness (QED) is 0.639. The standard InChI is InChI=1S/C12H21N3O5/c1-12(2,3)14-11(19)13-9(16)6-15-4-5-20-7-8(15)10(17)18/h8H,4-7H2,1-3H3,(H,17,18)(H2,13,14,16,19). The number of carbonyl (C=O) groups excluding carboxylic acids is 2. The third-order valence-corrected chi connectivity index (χ3v) is 2.61. The largest absolute Gasteiger partial charge is 0.480 e. The average Bonchev–Trinajstić information content (AvgIpc) is 2.26. The van der Waals surface area contributed by atoms with Crippen LogP contribution in [0.5, 0.6) is 0 Å². The first kappa shape index (κ1) is 16.4. The van der Waals surface area contributed by atoms with Gasteiger partial charge >= 0.3 is 12.0 Å². The smallest absolute Gasteiger partial charge is 0.323 e. The van der Waals surface area contributed by atoms with E-state index in [2.05, 4.69) is 10.6 Å². The van der Waals surface area contributed by atoms with E-state index < -0.39 is 29.5 Å². The van der Waals surface area contributed by atoms with Gasteiger partial charge in [-0.1, -0.05) is 0 Å². The number of urea groups is 1. The van der Waals surface area contributed by atoms with Gasteiger partial charge in [0.2, 0.25) is 5.91 Å². The molecule has 0 spiro atoms. The summed E-state index contributed by atoms with van der Waals surface area (Å²) >= 11 is 0. The highest BCUT2D eigenvalue weighted by Gasteiger charge is 2.30. The zero-order valence-corrected chi connectivity index (χ0v) is 11.9. The first-order valence-electron chi connectivity index (χ1n) is 6.35. The normalized spacial score (nSPS) is 20.2. The van der Waals surface area contributed by atoms with E-state index in [9.17, 15) is 14.4 Å². The molecule has 1 unspecified atom stereocenters. The van der Waals surface area contributed by atoms with Crippen molar-refractivity contribution in [2.45, 2.75) is 32.4 Å². The minimum Gasteiger partial charge on any atom is -0.480 e. The van der Waals surface area contributed by atoms with Crippen molar-refractivity contribution in [2.75, 3.05) is 26.3 Å². The van der Waals surface area contributed by atoms with Gasteiger partial charge < -0.3 is 15.2 Å². The third kappa shape index (κ3) is 5.54. The fourth-order valence-electron chi connectivity index (χ4n) is 1.78. The second kappa shape index (κ2) is 6.67. The zero-order chi connectivity index (χ0) is 15.3. The van der Waals surface area contributed by atoms with Crippen LogP contribution < -0.4 is 10.6 Å². The Balaban J connectivity index is 2.48. The molecule has 8 heteroatoms. The lowest BCUT2D eigenvalue weighted by Gasteiger charge is -2.32. The van der Waals surface area contributed by atoms with Gasteiger partial charge in [0, 0.05) is 12.1 Å². The lowest BCUT2D eigenvalue weighted by molar-refractivity contribution is -0.150. The van der Waals surface area contributed by atoms with Gasteiger partial charge in [0.15, 0.2) is 0 Å². The molecule has 1 atom stereocenters. The van der Waals surface area contributed by atoms with Crippen LogP contribution in [0.2, 0.25) is 0 Å². The van der Waals surface area contributed by atoms with Crippen LogP contribution in [0, 0.1) is 0 Å². The number of amides is 3. The number of imide groups is 1. The molecule has 3 N–H and O–H groups in total. The molecule has 0 aromatic carbocycles. The summed E-state index contributed by atoms with van der Waals surface area (Å²) in [5.74, 6) is -1.59. The van der Waals surface area contributed by atoms with Crippen LogP contribution in [0.1, 0.15) is 20.8 Å². The van der Waals surface area contributed by atoms with Crippen molar-refractivity contribution in [3.05, 3.63) is 0 Å². The number of hydrogen-bond donors (Lipinski definition) is 3. The molecular weight excluding hydrogens is 266 g/mol. The van der Waals surface area contributed by atoms with Crippen LogP contribution >= 0.6 is 0 Å². The summed E-state index contributed by atoms with van der Waals surface area (Å²) in [6.45, 7) is 5.96. The van der Waals surface area contributed by atoms with Gasteiger partial charge in [-0.2, -0.15) is 0 Å². The van der Waals surface area contributed by atoms with E-state index in [1.54, 1.807) is 20.8 Å². The Labute approximate surface area is 117 Å². The third-order valence-electron chi connectivity index (χ3n) is 2.61. The second-order valence-corrected chi connectivity index (χ2v) is 5.65. The maximum absolute atomic E-state index is 11.7. The van der Waals surface area contributed by atoms with Crippen molar-refractivity contribution in [1.82, 2.24) is 15.5 Å². The summed E-state index contributed by atoms with van der Waals surface area (Å²) < 4.78 is 5.07. The number of carboxylic acid groups (broad SMARTS) is 1. The van der Waals surface area contributed by atoms with E-state index >= 15 is 0 Å².